The summed E-state index contributed by atoms with van der Waals surface area (Å²) >= 11 is 0. The molecule has 2 aliphatic rings. The molecule has 24 heavy (non-hydrogen) atoms. The Morgan fingerprint density at radius 2 is 2.21 bits per heavy atom. The first kappa shape index (κ1) is 15.0. The summed E-state index contributed by atoms with van der Waals surface area (Å²) in [6.07, 6.45) is 4.74. The van der Waals surface area contributed by atoms with E-state index in [1.165, 1.54) is 0 Å². The van der Waals surface area contributed by atoms with Crippen molar-refractivity contribution in [1.29, 1.82) is 0 Å². The average Bonchev–Trinajstić information content (AvgIpc) is 3.46. The van der Waals surface area contributed by atoms with Gasteiger partial charge in [0.15, 0.2) is 0 Å². The van der Waals surface area contributed by atoms with Crippen LogP contribution < -0.4 is 14.8 Å². The molecule has 1 aliphatic carbocycles. The summed E-state index contributed by atoms with van der Waals surface area (Å²) < 4.78 is 11.0. The molecule has 5 nitrogen and oxygen atoms in total. The molecule has 1 unspecified atom stereocenters. The van der Waals surface area contributed by atoms with Crippen molar-refractivity contribution < 1.29 is 14.3 Å². The predicted molar refractivity (Wildman–Crippen MR) is 90.5 cm³/mol. The molecule has 0 saturated heterocycles. The summed E-state index contributed by atoms with van der Waals surface area (Å²) in [5.74, 6) is 1.88. The normalized spacial score (nSPS) is 19.1. The highest BCUT2D eigenvalue weighted by Crippen LogP contribution is 2.42. The summed E-state index contributed by atoms with van der Waals surface area (Å²) in [5, 5.41) is 3.05. The molecular formula is C19H20N2O3. The molecule has 1 aromatic carbocycles. The maximum atomic E-state index is 12.7. The van der Waals surface area contributed by atoms with Crippen LogP contribution in [0.4, 0.5) is 5.69 Å². The minimum Gasteiger partial charge on any atom is -0.497 e. The van der Waals surface area contributed by atoms with Crippen LogP contribution >= 0.6 is 0 Å². The summed E-state index contributed by atoms with van der Waals surface area (Å²) in [5.41, 5.74) is 2.85. The third kappa shape index (κ3) is 2.94. The maximum Gasteiger partial charge on any atom is 0.231 e. The van der Waals surface area contributed by atoms with Gasteiger partial charge in [-0.15, -0.1) is 0 Å². The van der Waals surface area contributed by atoms with Gasteiger partial charge in [0.25, 0.3) is 0 Å². The zero-order chi connectivity index (χ0) is 16.5. The second-order valence-electron chi connectivity index (χ2n) is 6.39. The highest BCUT2D eigenvalue weighted by Gasteiger charge is 2.30. The Labute approximate surface area is 141 Å². The number of amides is 1. The Hall–Kier alpha value is -2.56. The molecule has 1 saturated carbocycles. The summed E-state index contributed by atoms with van der Waals surface area (Å²) in [6.45, 7) is 0.393. The van der Waals surface area contributed by atoms with Gasteiger partial charge >= 0.3 is 0 Å². The van der Waals surface area contributed by atoms with Crippen LogP contribution in [0.15, 0.2) is 36.5 Å². The molecule has 1 aliphatic heterocycles. The number of benzene rings is 1. The molecule has 2 aromatic rings. The van der Waals surface area contributed by atoms with Crippen molar-refractivity contribution in [2.24, 2.45) is 5.92 Å². The maximum absolute atomic E-state index is 12.7. The van der Waals surface area contributed by atoms with Gasteiger partial charge in [0, 0.05) is 12.1 Å². The van der Waals surface area contributed by atoms with Crippen molar-refractivity contribution in [1.82, 2.24) is 4.98 Å². The van der Waals surface area contributed by atoms with Crippen molar-refractivity contribution in [3.63, 3.8) is 0 Å². The Morgan fingerprint density at radius 3 is 3.00 bits per heavy atom. The minimum atomic E-state index is -0.211. The zero-order valence-corrected chi connectivity index (χ0v) is 13.6. The Kier molecular flexibility index (Phi) is 3.84. The van der Waals surface area contributed by atoms with Gasteiger partial charge in [0.05, 0.1) is 24.4 Å². The van der Waals surface area contributed by atoms with E-state index in [2.05, 4.69) is 10.3 Å². The lowest BCUT2D eigenvalue weighted by Gasteiger charge is -2.25. The number of hydrogen-bond acceptors (Lipinski definition) is 4. The largest absolute Gasteiger partial charge is 0.497 e. The van der Waals surface area contributed by atoms with E-state index in [1.54, 1.807) is 13.3 Å². The Bertz CT molecular complexity index is 771. The Balaban J connectivity index is 1.49. The number of aromatic nitrogens is 1. The van der Waals surface area contributed by atoms with Crippen LogP contribution in [0.1, 0.15) is 30.0 Å². The number of methoxy groups -OCH3 is 1. The fourth-order valence-electron chi connectivity index (χ4n) is 3.11. The van der Waals surface area contributed by atoms with Crippen molar-refractivity contribution in [3.05, 3.63) is 47.8 Å². The molecule has 1 fully saturated rings. The lowest BCUT2D eigenvalue weighted by Crippen LogP contribution is -2.32. The van der Waals surface area contributed by atoms with E-state index >= 15 is 0 Å². The lowest BCUT2D eigenvalue weighted by atomic mass is 9.95. The molecule has 2 heterocycles. The fraction of sp³-hybridized carbons (Fsp3) is 0.368. The van der Waals surface area contributed by atoms with Crippen LogP contribution in [0.3, 0.4) is 0 Å². The SMILES string of the molecule is COc1ccc2c(c1)CC(C(=O)Nc1cccnc1C1CC1)CO2. The van der Waals surface area contributed by atoms with Crippen molar-refractivity contribution in [2.75, 3.05) is 19.0 Å². The second kappa shape index (κ2) is 6.15. The number of fused-ring (bicyclic) bond motifs is 1. The van der Waals surface area contributed by atoms with Crippen LogP contribution in [0.25, 0.3) is 0 Å². The summed E-state index contributed by atoms with van der Waals surface area (Å²) in [7, 11) is 1.64. The van der Waals surface area contributed by atoms with Gasteiger partial charge in [-0.25, -0.2) is 0 Å². The quantitative estimate of drug-likeness (QED) is 0.938. The van der Waals surface area contributed by atoms with Crippen molar-refractivity contribution in [2.45, 2.75) is 25.2 Å². The van der Waals surface area contributed by atoms with Crippen molar-refractivity contribution >= 4 is 11.6 Å². The molecule has 0 radical (unpaired) electrons. The van der Waals surface area contributed by atoms with Crippen LogP contribution in [0.2, 0.25) is 0 Å². The average molecular weight is 324 g/mol. The van der Waals surface area contributed by atoms with Gasteiger partial charge < -0.3 is 14.8 Å². The van der Waals surface area contributed by atoms with E-state index in [0.717, 1.165) is 41.3 Å². The number of nitrogens with one attached hydrogen (secondary N) is 1. The number of pyridine rings is 1. The number of hydrogen-bond donors (Lipinski definition) is 1. The molecule has 4 rings (SSSR count). The molecule has 124 valence electrons. The monoisotopic (exact) mass is 324 g/mol. The summed E-state index contributed by atoms with van der Waals surface area (Å²) in [6, 6.07) is 9.50. The predicted octanol–water partition coefficient (Wildman–Crippen LogP) is 3.16. The minimum absolute atomic E-state index is 0.0154. The molecule has 1 aromatic heterocycles. The van der Waals surface area contributed by atoms with Gasteiger partial charge in [-0.2, -0.15) is 0 Å². The van der Waals surface area contributed by atoms with Gasteiger partial charge in [0.1, 0.15) is 18.1 Å². The van der Waals surface area contributed by atoms with E-state index in [9.17, 15) is 4.79 Å². The number of carbonyl (C=O) groups excluding carboxylic acids is 1. The molecule has 5 heteroatoms. The molecular weight excluding hydrogens is 304 g/mol. The van der Waals surface area contributed by atoms with E-state index in [4.69, 9.17) is 9.47 Å². The van der Waals surface area contributed by atoms with Crippen LogP contribution in [0, 0.1) is 5.92 Å². The molecule has 1 atom stereocenters. The Morgan fingerprint density at radius 1 is 1.33 bits per heavy atom. The molecule has 0 bridgehead atoms. The van der Waals surface area contributed by atoms with Gasteiger partial charge in [-0.05, 0) is 55.2 Å². The van der Waals surface area contributed by atoms with Gasteiger partial charge in [-0.3, -0.25) is 9.78 Å². The van der Waals surface area contributed by atoms with E-state index in [-0.39, 0.29) is 11.8 Å². The first-order valence-electron chi connectivity index (χ1n) is 8.30. The second-order valence-corrected chi connectivity index (χ2v) is 6.39. The third-order valence-electron chi connectivity index (χ3n) is 4.61. The van der Waals surface area contributed by atoms with Crippen LogP contribution in [0.5, 0.6) is 11.5 Å². The molecule has 1 N–H and O–H groups in total. The zero-order valence-electron chi connectivity index (χ0n) is 13.6. The summed E-state index contributed by atoms with van der Waals surface area (Å²) in [4.78, 5) is 17.1. The first-order valence-corrected chi connectivity index (χ1v) is 8.30. The van der Waals surface area contributed by atoms with Crippen LogP contribution in [-0.2, 0) is 11.2 Å². The highest BCUT2D eigenvalue weighted by molar-refractivity contribution is 5.93. The van der Waals surface area contributed by atoms with Gasteiger partial charge in [0.2, 0.25) is 5.91 Å². The lowest BCUT2D eigenvalue weighted by molar-refractivity contribution is -0.121. The number of rotatable bonds is 4. The topological polar surface area (TPSA) is 60.5 Å². The highest BCUT2D eigenvalue weighted by atomic mass is 16.5. The molecule has 1 amide bonds. The van der Waals surface area contributed by atoms with Gasteiger partial charge in [-0.1, -0.05) is 0 Å². The fourth-order valence-corrected chi connectivity index (χ4v) is 3.11. The van der Waals surface area contributed by atoms with E-state index in [0.29, 0.717) is 18.9 Å². The van der Waals surface area contributed by atoms with Crippen molar-refractivity contribution in [3.8, 4) is 11.5 Å². The smallest absolute Gasteiger partial charge is 0.231 e. The first-order chi connectivity index (χ1) is 11.7. The van der Waals surface area contributed by atoms with Crippen LogP contribution in [-0.4, -0.2) is 24.6 Å². The van der Waals surface area contributed by atoms with E-state index < -0.39 is 0 Å². The van der Waals surface area contributed by atoms with E-state index in [1.807, 2.05) is 30.3 Å². The standard InChI is InChI=1S/C19H20N2O3/c1-23-15-6-7-17-13(10-15)9-14(11-24-17)19(22)21-16-3-2-8-20-18(16)12-4-5-12/h2-3,6-8,10,12,14H,4-5,9,11H2,1H3,(H,21,22). The number of anilines is 1. The number of carbonyl (C=O) groups is 1. The number of nitrogens with zero attached hydrogens (tertiary/aromatic N) is 1. The third-order valence-corrected chi connectivity index (χ3v) is 4.61. The number of ether oxygens (including phenoxy) is 2. The molecule has 0 spiro atoms.